The monoisotopic (exact) mass is 411 g/mol. The molecule has 8 heteroatoms. The number of amides is 3. The maximum absolute atomic E-state index is 12.5. The van der Waals surface area contributed by atoms with Crippen LogP contribution in [0.15, 0.2) is 72.9 Å². The number of carbonyl (C=O) groups excluding carboxylic acids is 3. The number of hydrogen-bond acceptors (Lipinski definition) is 5. The summed E-state index contributed by atoms with van der Waals surface area (Å²) in [5.74, 6) is -0.360. The normalized spacial score (nSPS) is 13.0. The minimum Gasteiger partial charge on any atom is -0.326 e. The van der Waals surface area contributed by atoms with Crippen molar-refractivity contribution in [1.29, 1.82) is 0 Å². The van der Waals surface area contributed by atoms with Gasteiger partial charge in [0.2, 0.25) is 5.91 Å². The van der Waals surface area contributed by atoms with Crippen LogP contribution in [0.4, 0.5) is 5.69 Å². The number of benzene rings is 2. The van der Waals surface area contributed by atoms with Crippen molar-refractivity contribution in [3.63, 3.8) is 0 Å². The SMILES string of the molecule is O=C(CCN1C(=O)c2ccccc2C1=O)Nc1cccc(-c2nnc3ccccn23)c1. The molecule has 1 aliphatic rings. The van der Waals surface area contributed by atoms with Gasteiger partial charge in [0.1, 0.15) is 0 Å². The van der Waals surface area contributed by atoms with Crippen molar-refractivity contribution in [1.82, 2.24) is 19.5 Å². The van der Waals surface area contributed by atoms with Crippen LogP contribution in [0, 0.1) is 0 Å². The molecule has 2 aromatic carbocycles. The Kier molecular flexibility index (Phi) is 4.51. The molecule has 1 N–H and O–H groups in total. The van der Waals surface area contributed by atoms with Crippen molar-refractivity contribution < 1.29 is 14.4 Å². The molecule has 3 heterocycles. The van der Waals surface area contributed by atoms with E-state index in [1.165, 1.54) is 0 Å². The van der Waals surface area contributed by atoms with E-state index in [4.69, 9.17) is 0 Å². The molecule has 0 saturated carbocycles. The molecule has 3 amide bonds. The molecule has 0 radical (unpaired) electrons. The second kappa shape index (κ2) is 7.49. The molecule has 1 aliphatic heterocycles. The quantitative estimate of drug-likeness (QED) is 0.509. The van der Waals surface area contributed by atoms with Gasteiger partial charge < -0.3 is 5.32 Å². The third kappa shape index (κ3) is 3.33. The van der Waals surface area contributed by atoms with E-state index >= 15 is 0 Å². The number of imide groups is 1. The van der Waals surface area contributed by atoms with Gasteiger partial charge in [0.25, 0.3) is 11.8 Å². The highest BCUT2D eigenvalue weighted by atomic mass is 16.2. The lowest BCUT2D eigenvalue weighted by Crippen LogP contribution is -2.32. The smallest absolute Gasteiger partial charge is 0.261 e. The van der Waals surface area contributed by atoms with Gasteiger partial charge in [-0.3, -0.25) is 23.7 Å². The number of hydrogen-bond donors (Lipinski definition) is 1. The number of pyridine rings is 1. The van der Waals surface area contributed by atoms with Crippen LogP contribution in [0.1, 0.15) is 27.1 Å². The van der Waals surface area contributed by atoms with Crippen molar-refractivity contribution in [2.75, 3.05) is 11.9 Å². The van der Waals surface area contributed by atoms with Gasteiger partial charge in [0, 0.05) is 30.4 Å². The van der Waals surface area contributed by atoms with Gasteiger partial charge in [-0.25, -0.2) is 0 Å². The lowest BCUT2D eigenvalue weighted by molar-refractivity contribution is -0.116. The van der Waals surface area contributed by atoms with E-state index in [1.807, 2.05) is 47.0 Å². The van der Waals surface area contributed by atoms with Crippen LogP contribution in [-0.4, -0.2) is 43.8 Å². The molecular weight excluding hydrogens is 394 g/mol. The average molecular weight is 411 g/mol. The predicted octanol–water partition coefficient (Wildman–Crippen LogP) is 3.02. The topological polar surface area (TPSA) is 96.7 Å². The Hall–Kier alpha value is -4.33. The maximum Gasteiger partial charge on any atom is 0.261 e. The largest absolute Gasteiger partial charge is 0.326 e. The van der Waals surface area contributed by atoms with E-state index in [0.29, 0.717) is 22.6 Å². The highest BCUT2D eigenvalue weighted by molar-refractivity contribution is 6.21. The summed E-state index contributed by atoms with van der Waals surface area (Å²) in [5.41, 5.74) is 2.88. The summed E-state index contributed by atoms with van der Waals surface area (Å²) < 4.78 is 1.86. The number of anilines is 1. The minimum atomic E-state index is -0.367. The summed E-state index contributed by atoms with van der Waals surface area (Å²) in [4.78, 5) is 38.4. The molecular formula is C23H17N5O3. The van der Waals surface area contributed by atoms with Crippen LogP contribution in [-0.2, 0) is 4.79 Å². The molecule has 0 bridgehead atoms. The molecule has 0 aliphatic carbocycles. The van der Waals surface area contributed by atoms with Crippen molar-refractivity contribution in [2.45, 2.75) is 6.42 Å². The molecule has 0 fully saturated rings. The summed E-state index contributed by atoms with van der Waals surface area (Å²) in [7, 11) is 0. The van der Waals surface area contributed by atoms with Gasteiger partial charge in [-0.2, -0.15) is 0 Å². The van der Waals surface area contributed by atoms with E-state index < -0.39 is 0 Å². The molecule has 152 valence electrons. The van der Waals surface area contributed by atoms with Crippen LogP contribution in [0.25, 0.3) is 17.0 Å². The Morgan fingerprint density at radius 3 is 2.39 bits per heavy atom. The number of nitrogens with one attached hydrogen (secondary N) is 1. The third-order valence-electron chi connectivity index (χ3n) is 5.16. The predicted molar refractivity (Wildman–Crippen MR) is 113 cm³/mol. The Bertz CT molecular complexity index is 1310. The third-order valence-corrected chi connectivity index (χ3v) is 5.16. The molecule has 31 heavy (non-hydrogen) atoms. The van der Waals surface area contributed by atoms with E-state index in [9.17, 15) is 14.4 Å². The van der Waals surface area contributed by atoms with Gasteiger partial charge in [-0.1, -0.05) is 30.3 Å². The summed E-state index contributed by atoms with van der Waals surface area (Å²) in [5, 5.41) is 11.2. The summed E-state index contributed by atoms with van der Waals surface area (Å²) in [6, 6.07) is 19.6. The first-order valence-electron chi connectivity index (χ1n) is 9.77. The van der Waals surface area contributed by atoms with Crippen LogP contribution in [0.5, 0.6) is 0 Å². The molecule has 8 nitrogen and oxygen atoms in total. The van der Waals surface area contributed by atoms with Gasteiger partial charge in [0.05, 0.1) is 11.1 Å². The summed E-state index contributed by atoms with van der Waals surface area (Å²) >= 11 is 0. The molecule has 0 spiro atoms. The number of rotatable bonds is 5. The van der Waals surface area contributed by atoms with Crippen molar-refractivity contribution >= 4 is 29.1 Å². The van der Waals surface area contributed by atoms with Crippen molar-refractivity contribution in [3.05, 3.63) is 84.1 Å². The Morgan fingerprint density at radius 1 is 0.871 bits per heavy atom. The standard InChI is InChI=1S/C23H17N5O3/c29-20(11-13-28-22(30)17-8-1-2-9-18(17)23(28)31)24-16-7-5-6-15(14-16)21-26-25-19-10-3-4-12-27(19)21/h1-10,12,14H,11,13H2,(H,24,29). The maximum atomic E-state index is 12.5. The van der Waals surface area contributed by atoms with Crippen LogP contribution >= 0.6 is 0 Å². The first kappa shape index (κ1) is 18.7. The average Bonchev–Trinajstić information content (AvgIpc) is 3.32. The van der Waals surface area contributed by atoms with Crippen molar-refractivity contribution in [2.24, 2.45) is 0 Å². The zero-order valence-corrected chi connectivity index (χ0v) is 16.4. The highest BCUT2D eigenvalue weighted by Gasteiger charge is 2.34. The molecule has 0 unspecified atom stereocenters. The minimum absolute atomic E-state index is 0.00353. The fraction of sp³-hybridized carbons (Fsp3) is 0.0870. The number of aromatic nitrogens is 3. The van der Waals surface area contributed by atoms with E-state index in [-0.39, 0.29) is 30.7 Å². The van der Waals surface area contributed by atoms with Gasteiger partial charge >= 0.3 is 0 Å². The Labute approximate surface area is 177 Å². The molecule has 0 saturated heterocycles. The van der Waals surface area contributed by atoms with Crippen molar-refractivity contribution in [3.8, 4) is 11.4 Å². The van der Waals surface area contributed by atoms with E-state index in [1.54, 1.807) is 30.3 Å². The molecule has 5 rings (SSSR count). The first-order valence-corrected chi connectivity index (χ1v) is 9.77. The first-order chi connectivity index (χ1) is 15.1. The molecule has 0 atom stereocenters. The Balaban J connectivity index is 1.27. The zero-order valence-electron chi connectivity index (χ0n) is 16.4. The van der Waals surface area contributed by atoms with Gasteiger partial charge in [-0.05, 0) is 36.4 Å². The van der Waals surface area contributed by atoms with E-state index in [2.05, 4.69) is 15.5 Å². The van der Waals surface area contributed by atoms with Crippen LogP contribution < -0.4 is 5.32 Å². The fourth-order valence-corrected chi connectivity index (χ4v) is 3.65. The van der Waals surface area contributed by atoms with Crippen LogP contribution in [0.3, 0.4) is 0 Å². The number of nitrogens with zero attached hydrogens (tertiary/aromatic N) is 4. The summed E-state index contributed by atoms with van der Waals surface area (Å²) in [6.07, 6.45) is 1.88. The highest BCUT2D eigenvalue weighted by Crippen LogP contribution is 2.24. The second-order valence-corrected chi connectivity index (χ2v) is 7.14. The lowest BCUT2D eigenvalue weighted by Gasteiger charge is -2.13. The van der Waals surface area contributed by atoms with Gasteiger partial charge in [-0.15, -0.1) is 10.2 Å². The van der Waals surface area contributed by atoms with E-state index in [0.717, 1.165) is 16.1 Å². The van der Waals surface area contributed by atoms with Gasteiger partial charge in [0.15, 0.2) is 11.5 Å². The number of carbonyl (C=O) groups is 3. The second-order valence-electron chi connectivity index (χ2n) is 7.14. The fourth-order valence-electron chi connectivity index (χ4n) is 3.65. The lowest BCUT2D eigenvalue weighted by atomic mass is 10.1. The zero-order chi connectivity index (χ0) is 21.4. The summed E-state index contributed by atoms with van der Waals surface area (Å²) in [6.45, 7) is 0.0205. The van der Waals surface area contributed by atoms with Crippen LogP contribution in [0.2, 0.25) is 0 Å². The molecule has 2 aromatic heterocycles. The number of fused-ring (bicyclic) bond motifs is 2. The Morgan fingerprint density at radius 2 is 1.61 bits per heavy atom. The molecule has 4 aromatic rings.